The molecule has 16 heavy (non-hydrogen) atoms. The SMILES string of the molecule is CCn1cccc1C(=O)N1CCC(N)CC1. The Kier molecular flexibility index (Phi) is 3.29. The lowest BCUT2D eigenvalue weighted by Gasteiger charge is -2.30. The van der Waals surface area contributed by atoms with Crippen LogP contribution in [0.4, 0.5) is 0 Å². The molecule has 1 amide bonds. The Hall–Kier alpha value is -1.29. The van der Waals surface area contributed by atoms with Gasteiger partial charge < -0.3 is 15.2 Å². The number of carbonyl (C=O) groups is 1. The average molecular weight is 221 g/mol. The highest BCUT2D eigenvalue weighted by atomic mass is 16.2. The fourth-order valence-corrected chi connectivity index (χ4v) is 2.15. The normalized spacial score (nSPS) is 17.8. The van der Waals surface area contributed by atoms with Crippen LogP contribution in [0.2, 0.25) is 0 Å². The molecular weight excluding hydrogens is 202 g/mol. The smallest absolute Gasteiger partial charge is 0.270 e. The number of likely N-dealkylation sites (tertiary alicyclic amines) is 1. The first-order chi connectivity index (χ1) is 7.72. The van der Waals surface area contributed by atoms with Crippen molar-refractivity contribution in [1.82, 2.24) is 9.47 Å². The predicted octanol–water partition coefficient (Wildman–Crippen LogP) is 1.07. The second-order valence-electron chi connectivity index (χ2n) is 4.31. The molecule has 0 aliphatic carbocycles. The van der Waals surface area contributed by atoms with Gasteiger partial charge in [0.1, 0.15) is 5.69 Å². The molecular formula is C12H19N3O. The molecule has 0 unspecified atom stereocenters. The largest absolute Gasteiger partial charge is 0.344 e. The monoisotopic (exact) mass is 221 g/mol. The zero-order valence-corrected chi connectivity index (χ0v) is 9.72. The van der Waals surface area contributed by atoms with E-state index in [0.29, 0.717) is 0 Å². The third-order valence-electron chi connectivity index (χ3n) is 3.22. The Morgan fingerprint density at radius 3 is 2.81 bits per heavy atom. The fraction of sp³-hybridized carbons (Fsp3) is 0.583. The van der Waals surface area contributed by atoms with Gasteiger partial charge in [-0.2, -0.15) is 0 Å². The Morgan fingerprint density at radius 2 is 2.19 bits per heavy atom. The number of amides is 1. The standard InChI is InChI=1S/C12H19N3O/c1-2-14-7-3-4-11(14)12(16)15-8-5-10(13)6-9-15/h3-4,7,10H,2,5-6,8-9,13H2,1H3. The van der Waals surface area contributed by atoms with E-state index in [1.54, 1.807) is 0 Å². The summed E-state index contributed by atoms with van der Waals surface area (Å²) in [5, 5.41) is 0. The summed E-state index contributed by atoms with van der Waals surface area (Å²) in [6.07, 6.45) is 3.78. The van der Waals surface area contributed by atoms with Crippen LogP contribution in [0, 0.1) is 0 Å². The van der Waals surface area contributed by atoms with Gasteiger partial charge in [-0.3, -0.25) is 4.79 Å². The lowest BCUT2D eigenvalue weighted by Crippen LogP contribution is -2.43. The van der Waals surface area contributed by atoms with Crippen LogP contribution >= 0.6 is 0 Å². The molecule has 88 valence electrons. The second-order valence-corrected chi connectivity index (χ2v) is 4.31. The minimum Gasteiger partial charge on any atom is -0.344 e. The van der Waals surface area contributed by atoms with E-state index in [2.05, 4.69) is 0 Å². The summed E-state index contributed by atoms with van der Waals surface area (Å²) < 4.78 is 1.98. The predicted molar refractivity (Wildman–Crippen MR) is 63.2 cm³/mol. The number of aromatic nitrogens is 1. The fourth-order valence-electron chi connectivity index (χ4n) is 2.15. The first-order valence-electron chi connectivity index (χ1n) is 5.92. The number of hydrogen-bond donors (Lipinski definition) is 1. The van der Waals surface area contributed by atoms with Crippen LogP contribution in [0.5, 0.6) is 0 Å². The van der Waals surface area contributed by atoms with Crippen molar-refractivity contribution in [1.29, 1.82) is 0 Å². The Bertz CT molecular complexity index is 364. The summed E-state index contributed by atoms with van der Waals surface area (Å²) in [4.78, 5) is 14.1. The maximum absolute atomic E-state index is 12.2. The van der Waals surface area contributed by atoms with Gasteiger partial charge in [0.15, 0.2) is 0 Å². The number of nitrogens with two attached hydrogens (primary N) is 1. The molecule has 1 saturated heterocycles. The molecule has 0 saturated carbocycles. The van der Waals surface area contributed by atoms with Crippen molar-refractivity contribution < 1.29 is 4.79 Å². The third-order valence-corrected chi connectivity index (χ3v) is 3.22. The van der Waals surface area contributed by atoms with Crippen LogP contribution in [0.15, 0.2) is 18.3 Å². The number of hydrogen-bond acceptors (Lipinski definition) is 2. The van der Waals surface area contributed by atoms with Crippen molar-refractivity contribution >= 4 is 5.91 Å². The first-order valence-corrected chi connectivity index (χ1v) is 5.92. The van der Waals surface area contributed by atoms with Crippen molar-refractivity contribution in [3.8, 4) is 0 Å². The van der Waals surface area contributed by atoms with Crippen molar-refractivity contribution in [3.63, 3.8) is 0 Å². The van der Waals surface area contributed by atoms with Crippen molar-refractivity contribution in [3.05, 3.63) is 24.0 Å². The molecule has 0 atom stereocenters. The Morgan fingerprint density at radius 1 is 1.50 bits per heavy atom. The molecule has 0 bridgehead atoms. The van der Waals surface area contributed by atoms with Crippen LogP contribution in [0.1, 0.15) is 30.3 Å². The summed E-state index contributed by atoms with van der Waals surface area (Å²) in [6.45, 7) is 4.45. The van der Waals surface area contributed by atoms with E-state index in [4.69, 9.17) is 5.73 Å². The molecule has 0 radical (unpaired) electrons. The van der Waals surface area contributed by atoms with Gasteiger partial charge in [0.25, 0.3) is 5.91 Å². The molecule has 1 aliphatic heterocycles. The topological polar surface area (TPSA) is 51.3 Å². The van der Waals surface area contributed by atoms with Gasteiger partial charge >= 0.3 is 0 Å². The molecule has 1 fully saturated rings. The second kappa shape index (κ2) is 4.70. The number of carbonyl (C=O) groups excluding carboxylic acids is 1. The third kappa shape index (κ3) is 2.11. The van der Waals surface area contributed by atoms with Gasteiger partial charge in [-0.15, -0.1) is 0 Å². The van der Waals surface area contributed by atoms with Gasteiger partial charge in [0.2, 0.25) is 0 Å². The average Bonchev–Trinajstić information content (AvgIpc) is 2.77. The van der Waals surface area contributed by atoms with Gasteiger partial charge in [-0.05, 0) is 31.9 Å². The summed E-state index contributed by atoms with van der Waals surface area (Å²) in [6, 6.07) is 4.08. The molecule has 2 heterocycles. The van der Waals surface area contributed by atoms with E-state index >= 15 is 0 Å². The van der Waals surface area contributed by atoms with E-state index in [1.807, 2.05) is 34.7 Å². The molecule has 4 nitrogen and oxygen atoms in total. The van der Waals surface area contributed by atoms with Gasteiger partial charge in [-0.1, -0.05) is 0 Å². The molecule has 1 aromatic rings. The molecule has 4 heteroatoms. The highest BCUT2D eigenvalue weighted by molar-refractivity contribution is 5.92. The van der Waals surface area contributed by atoms with Crippen LogP contribution < -0.4 is 5.73 Å². The van der Waals surface area contributed by atoms with Crippen LogP contribution in [0.3, 0.4) is 0 Å². The maximum Gasteiger partial charge on any atom is 0.270 e. The van der Waals surface area contributed by atoms with E-state index < -0.39 is 0 Å². The molecule has 0 spiro atoms. The van der Waals surface area contributed by atoms with Crippen LogP contribution in [-0.4, -0.2) is 34.5 Å². The number of aryl methyl sites for hydroxylation is 1. The molecule has 0 aromatic carbocycles. The van der Waals surface area contributed by atoms with Crippen molar-refractivity contribution in [2.45, 2.75) is 32.4 Å². The van der Waals surface area contributed by atoms with Gasteiger partial charge in [0, 0.05) is 31.9 Å². The summed E-state index contributed by atoms with van der Waals surface area (Å²) in [7, 11) is 0. The minimum atomic E-state index is 0.138. The highest BCUT2D eigenvalue weighted by Crippen LogP contribution is 2.13. The van der Waals surface area contributed by atoms with E-state index in [9.17, 15) is 4.79 Å². The van der Waals surface area contributed by atoms with Crippen LogP contribution in [0.25, 0.3) is 0 Å². The minimum absolute atomic E-state index is 0.138. The van der Waals surface area contributed by atoms with Gasteiger partial charge in [0.05, 0.1) is 0 Å². The summed E-state index contributed by atoms with van der Waals surface area (Å²) in [5.41, 5.74) is 6.62. The number of nitrogens with zero attached hydrogens (tertiary/aromatic N) is 2. The highest BCUT2D eigenvalue weighted by Gasteiger charge is 2.22. The maximum atomic E-state index is 12.2. The van der Waals surface area contributed by atoms with Crippen molar-refractivity contribution in [2.75, 3.05) is 13.1 Å². The van der Waals surface area contributed by atoms with E-state index in [0.717, 1.165) is 38.2 Å². The molecule has 1 aromatic heterocycles. The summed E-state index contributed by atoms with van der Waals surface area (Å²) >= 11 is 0. The van der Waals surface area contributed by atoms with E-state index in [1.165, 1.54) is 0 Å². The molecule has 2 rings (SSSR count). The summed E-state index contributed by atoms with van der Waals surface area (Å²) in [5.74, 6) is 0.138. The van der Waals surface area contributed by atoms with Crippen molar-refractivity contribution in [2.24, 2.45) is 5.73 Å². The number of piperidine rings is 1. The quantitative estimate of drug-likeness (QED) is 0.812. The zero-order chi connectivity index (χ0) is 11.5. The Labute approximate surface area is 96.0 Å². The van der Waals surface area contributed by atoms with Crippen LogP contribution in [-0.2, 0) is 6.54 Å². The van der Waals surface area contributed by atoms with E-state index in [-0.39, 0.29) is 11.9 Å². The zero-order valence-electron chi connectivity index (χ0n) is 9.72. The lowest BCUT2D eigenvalue weighted by atomic mass is 10.1. The van der Waals surface area contributed by atoms with Gasteiger partial charge in [-0.25, -0.2) is 0 Å². The molecule has 1 aliphatic rings. The molecule has 2 N–H and O–H groups in total. The number of rotatable bonds is 2. The Balaban J connectivity index is 2.07. The lowest BCUT2D eigenvalue weighted by molar-refractivity contribution is 0.0704. The first kappa shape index (κ1) is 11.2.